The summed E-state index contributed by atoms with van der Waals surface area (Å²) < 4.78 is 26.4. The maximum absolute atomic E-state index is 11.6. The Morgan fingerprint density at radius 2 is 1.94 bits per heavy atom. The third kappa shape index (κ3) is 5.40. The van der Waals surface area contributed by atoms with E-state index < -0.39 is 21.7 Å². The summed E-state index contributed by atoms with van der Waals surface area (Å²) in [6.07, 6.45) is -0.267. The number of carboxylic acids is 1. The lowest BCUT2D eigenvalue weighted by Crippen LogP contribution is -2.51. The number of nitrogens with zero attached hydrogens (tertiary/aromatic N) is 1. The first kappa shape index (κ1) is 15.3. The monoisotopic (exact) mass is 254 g/mol. The number of aliphatic carboxylic acids is 1. The predicted octanol–water partition coefficient (Wildman–Crippen LogP) is -1.00. The van der Waals surface area contributed by atoms with E-state index in [0.29, 0.717) is 0 Å². The molecule has 0 unspecified atom stereocenters. The molecule has 96 valence electrons. The Kier molecular flexibility index (Phi) is 5.33. The molecule has 0 radical (unpaired) electrons. The fourth-order valence-corrected chi connectivity index (χ4v) is 2.08. The molecule has 0 aliphatic heterocycles. The molecular weight excluding hydrogens is 236 g/mol. The molecule has 0 fully saturated rings. The van der Waals surface area contributed by atoms with Gasteiger partial charge in [0.05, 0.1) is 18.6 Å². The maximum atomic E-state index is 11.6. The van der Waals surface area contributed by atoms with Gasteiger partial charge in [-0.15, -0.1) is 0 Å². The summed E-state index contributed by atoms with van der Waals surface area (Å²) in [4.78, 5) is 10.3. The lowest BCUT2D eigenvalue weighted by atomic mass is 10.1. The maximum Gasteiger partial charge on any atom is 0.304 e. The number of hydrogen-bond acceptors (Lipinski definition) is 4. The Labute approximate surface area is 95.2 Å². The van der Waals surface area contributed by atoms with Gasteiger partial charge in [-0.1, -0.05) is 0 Å². The van der Waals surface area contributed by atoms with Crippen LogP contribution in [0.2, 0.25) is 0 Å². The van der Waals surface area contributed by atoms with Crippen LogP contribution in [0.15, 0.2) is 0 Å². The van der Waals surface area contributed by atoms with Crippen molar-refractivity contribution in [3.8, 4) is 0 Å². The fraction of sp³-hybridized carbons (Fsp3) is 0.875. The third-order valence-corrected chi connectivity index (χ3v) is 3.67. The number of aliphatic hydroxyl groups excluding tert-OH is 1. The Balaban J connectivity index is 4.49. The van der Waals surface area contributed by atoms with Crippen LogP contribution in [0.5, 0.6) is 0 Å². The average Bonchev–Trinajstić information content (AvgIpc) is 2.12. The Morgan fingerprint density at radius 1 is 1.44 bits per heavy atom. The molecule has 0 aromatic heterocycles. The van der Waals surface area contributed by atoms with Crippen LogP contribution in [-0.2, 0) is 15.0 Å². The van der Waals surface area contributed by atoms with Crippen molar-refractivity contribution in [2.24, 2.45) is 0 Å². The summed E-state index contributed by atoms with van der Waals surface area (Å²) >= 11 is 0. The number of carbonyl (C=O) groups is 1. The number of carboxylic acid groups (broad SMARTS) is 1. The number of rotatable bonds is 7. The molecule has 0 atom stereocenters. The Morgan fingerprint density at radius 3 is 2.31 bits per heavy atom. The molecule has 0 aliphatic rings. The van der Waals surface area contributed by atoms with Crippen LogP contribution in [0.25, 0.3) is 0 Å². The van der Waals surface area contributed by atoms with Crippen molar-refractivity contribution in [3.63, 3.8) is 0 Å². The zero-order valence-electron chi connectivity index (χ0n) is 9.60. The summed E-state index contributed by atoms with van der Waals surface area (Å²) in [6, 6.07) is 0. The molecule has 0 amide bonds. The first-order valence-electron chi connectivity index (χ1n) is 4.68. The van der Waals surface area contributed by atoms with Crippen molar-refractivity contribution in [1.82, 2.24) is 9.03 Å². The molecular formula is C8H18N2O5S. The number of aliphatic hydroxyl groups is 1. The van der Waals surface area contributed by atoms with Gasteiger partial charge in [0.25, 0.3) is 10.2 Å². The number of nitrogens with one attached hydrogen (secondary N) is 1. The van der Waals surface area contributed by atoms with E-state index >= 15 is 0 Å². The van der Waals surface area contributed by atoms with Crippen molar-refractivity contribution in [3.05, 3.63) is 0 Å². The standard InChI is InChI=1S/C8H18N2O5S/c1-8(2,6-11)9-16(14,15)10(3)5-4-7(12)13/h9,11H,4-6H2,1-3H3,(H,12,13). The lowest BCUT2D eigenvalue weighted by molar-refractivity contribution is -0.137. The van der Waals surface area contributed by atoms with Gasteiger partial charge in [0.15, 0.2) is 0 Å². The van der Waals surface area contributed by atoms with Crippen LogP contribution >= 0.6 is 0 Å². The second-order valence-corrected chi connectivity index (χ2v) is 5.89. The van der Waals surface area contributed by atoms with Crippen LogP contribution in [0, 0.1) is 0 Å². The van der Waals surface area contributed by atoms with Gasteiger partial charge in [-0.2, -0.15) is 17.4 Å². The molecule has 0 rings (SSSR count). The van der Waals surface area contributed by atoms with Gasteiger partial charge >= 0.3 is 5.97 Å². The van der Waals surface area contributed by atoms with Gasteiger partial charge in [0.1, 0.15) is 0 Å². The highest BCUT2D eigenvalue weighted by atomic mass is 32.2. The van der Waals surface area contributed by atoms with Crippen molar-refractivity contribution >= 4 is 16.2 Å². The summed E-state index contributed by atoms with van der Waals surface area (Å²) in [5.41, 5.74) is -0.976. The summed E-state index contributed by atoms with van der Waals surface area (Å²) in [5.74, 6) is -1.07. The second kappa shape index (κ2) is 5.58. The molecule has 16 heavy (non-hydrogen) atoms. The molecule has 8 heteroatoms. The van der Waals surface area contributed by atoms with Crippen LogP contribution in [0.1, 0.15) is 20.3 Å². The van der Waals surface area contributed by atoms with Crippen LogP contribution in [-0.4, -0.2) is 54.6 Å². The van der Waals surface area contributed by atoms with E-state index in [2.05, 4.69) is 4.72 Å². The highest BCUT2D eigenvalue weighted by molar-refractivity contribution is 7.87. The van der Waals surface area contributed by atoms with Crippen molar-refractivity contribution in [2.75, 3.05) is 20.2 Å². The predicted molar refractivity (Wildman–Crippen MR) is 58.1 cm³/mol. The van der Waals surface area contributed by atoms with E-state index in [9.17, 15) is 13.2 Å². The molecule has 7 nitrogen and oxygen atoms in total. The molecule has 0 aromatic rings. The highest BCUT2D eigenvalue weighted by Gasteiger charge is 2.27. The summed E-state index contributed by atoms with van der Waals surface area (Å²) in [6.45, 7) is 2.58. The van der Waals surface area contributed by atoms with Gasteiger partial charge in [0.2, 0.25) is 0 Å². The molecule has 3 N–H and O–H groups in total. The Hall–Kier alpha value is -0.700. The Bertz CT molecular complexity index is 338. The van der Waals surface area contributed by atoms with E-state index in [4.69, 9.17) is 10.2 Å². The number of hydrogen-bond donors (Lipinski definition) is 3. The molecule has 0 aromatic carbocycles. The van der Waals surface area contributed by atoms with Crippen molar-refractivity contribution < 1.29 is 23.4 Å². The molecule has 0 heterocycles. The second-order valence-electron chi connectivity index (χ2n) is 4.11. The van der Waals surface area contributed by atoms with E-state index in [-0.39, 0.29) is 19.6 Å². The summed E-state index contributed by atoms with van der Waals surface area (Å²) in [7, 11) is -2.49. The molecule has 0 saturated carbocycles. The third-order valence-electron chi connectivity index (χ3n) is 1.85. The van der Waals surface area contributed by atoms with Gasteiger partial charge < -0.3 is 10.2 Å². The van der Waals surface area contributed by atoms with E-state index in [1.54, 1.807) is 0 Å². The van der Waals surface area contributed by atoms with Gasteiger partial charge in [-0.3, -0.25) is 4.79 Å². The van der Waals surface area contributed by atoms with Crippen molar-refractivity contribution in [1.29, 1.82) is 0 Å². The molecule has 0 spiro atoms. The minimum absolute atomic E-state index is 0.119. The quantitative estimate of drug-likeness (QED) is 0.540. The van der Waals surface area contributed by atoms with E-state index in [0.717, 1.165) is 4.31 Å². The van der Waals surface area contributed by atoms with E-state index in [1.165, 1.54) is 20.9 Å². The first-order chi connectivity index (χ1) is 7.10. The van der Waals surface area contributed by atoms with Gasteiger partial charge in [0, 0.05) is 13.6 Å². The SMILES string of the molecule is CN(CCC(=O)O)S(=O)(=O)NC(C)(C)CO. The van der Waals surface area contributed by atoms with Crippen molar-refractivity contribution in [2.45, 2.75) is 25.8 Å². The first-order valence-corrected chi connectivity index (χ1v) is 6.12. The zero-order valence-corrected chi connectivity index (χ0v) is 10.4. The van der Waals surface area contributed by atoms with Crippen LogP contribution in [0.4, 0.5) is 0 Å². The fourth-order valence-electron chi connectivity index (χ4n) is 0.833. The zero-order chi connectivity index (χ0) is 13.0. The van der Waals surface area contributed by atoms with Gasteiger partial charge in [-0.25, -0.2) is 0 Å². The summed E-state index contributed by atoms with van der Waals surface area (Å²) in [5, 5.41) is 17.3. The van der Waals surface area contributed by atoms with Gasteiger partial charge in [-0.05, 0) is 13.8 Å². The van der Waals surface area contributed by atoms with Crippen LogP contribution < -0.4 is 4.72 Å². The molecule has 0 aliphatic carbocycles. The average molecular weight is 254 g/mol. The topological polar surface area (TPSA) is 107 Å². The minimum Gasteiger partial charge on any atom is -0.481 e. The van der Waals surface area contributed by atoms with Crippen LogP contribution in [0.3, 0.4) is 0 Å². The smallest absolute Gasteiger partial charge is 0.304 e. The molecule has 0 bridgehead atoms. The minimum atomic E-state index is -3.77. The molecule has 0 saturated heterocycles. The van der Waals surface area contributed by atoms with E-state index in [1.807, 2.05) is 0 Å². The largest absolute Gasteiger partial charge is 0.481 e. The highest BCUT2D eigenvalue weighted by Crippen LogP contribution is 2.05. The lowest BCUT2D eigenvalue weighted by Gasteiger charge is -2.26. The normalized spacial score (nSPS) is 13.1.